The number of carbonyl (C=O) groups excluding carboxylic acids is 2. The summed E-state index contributed by atoms with van der Waals surface area (Å²) in [6.45, 7) is 1.60. The van der Waals surface area contributed by atoms with E-state index in [2.05, 4.69) is 15.4 Å². The summed E-state index contributed by atoms with van der Waals surface area (Å²) >= 11 is 5.89. The molecule has 0 aliphatic heterocycles. The summed E-state index contributed by atoms with van der Waals surface area (Å²) in [7, 11) is 1.78. The SMILES string of the molecule is Cc1nn(C)c2ncc(C(=O)OCC(=O)NCc3ccc(-c4ccc(Cl)cc4)o3)cc12. The van der Waals surface area contributed by atoms with Crippen LogP contribution in [0.3, 0.4) is 0 Å². The van der Waals surface area contributed by atoms with Crippen LogP contribution in [0.25, 0.3) is 22.4 Å². The number of amides is 1. The topological polar surface area (TPSA) is 99.3 Å². The van der Waals surface area contributed by atoms with Gasteiger partial charge in [0.25, 0.3) is 5.91 Å². The van der Waals surface area contributed by atoms with Crippen LogP contribution in [-0.2, 0) is 23.1 Å². The molecular weight excluding hydrogens is 420 g/mol. The smallest absolute Gasteiger partial charge is 0.340 e. The Kier molecular flexibility index (Phi) is 5.73. The van der Waals surface area contributed by atoms with Crippen LogP contribution in [0.4, 0.5) is 0 Å². The number of pyridine rings is 1. The van der Waals surface area contributed by atoms with Crippen LogP contribution in [0.1, 0.15) is 21.8 Å². The average molecular weight is 439 g/mol. The predicted molar refractivity (Wildman–Crippen MR) is 115 cm³/mol. The molecule has 3 heterocycles. The molecule has 0 unspecified atom stereocenters. The zero-order valence-corrected chi connectivity index (χ0v) is 17.6. The van der Waals surface area contributed by atoms with Gasteiger partial charge in [0.05, 0.1) is 17.8 Å². The molecule has 0 aliphatic rings. The Morgan fingerprint density at radius 1 is 1.19 bits per heavy atom. The molecule has 4 aromatic rings. The lowest BCUT2D eigenvalue weighted by Crippen LogP contribution is -2.28. The van der Waals surface area contributed by atoms with E-state index in [9.17, 15) is 9.59 Å². The second kappa shape index (κ2) is 8.61. The number of halogens is 1. The van der Waals surface area contributed by atoms with Gasteiger partial charge in [0, 0.05) is 29.2 Å². The van der Waals surface area contributed by atoms with Gasteiger partial charge in [-0.25, -0.2) is 9.78 Å². The number of carbonyl (C=O) groups is 2. The maximum atomic E-state index is 12.3. The second-order valence-corrected chi connectivity index (χ2v) is 7.37. The fraction of sp³-hybridized carbons (Fsp3) is 0.182. The summed E-state index contributed by atoms with van der Waals surface area (Å²) in [6, 6.07) is 12.5. The molecule has 0 fully saturated rings. The minimum absolute atomic E-state index is 0.173. The maximum absolute atomic E-state index is 12.3. The van der Waals surface area contributed by atoms with Gasteiger partial charge < -0.3 is 14.5 Å². The van der Waals surface area contributed by atoms with Crippen molar-refractivity contribution >= 4 is 34.5 Å². The Hall–Kier alpha value is -3.65. The normalized spacial score (nSPS) is 10.9. The molecule has 0 saturated carbocycles. The number of hydrogen-bond acceptors (Lipinski definition) is 6. The lowest BCUT2D eigenvalue weighted by Gasteiger charge is -2.06. The summed E-state index contributed by atoms with van der Waals surface area (Å²) in [5, 5.41) is 8.33. The summed E-state index contributed by atoms with van der Waals surface area (Å²) in [5.41, 5.74) is 2.57. The Balaban J connectivity index is 1.30. The predicted octanol–water partition coefficient (Wildman–Crippen LogP) is 3.66. The molecule has 0 bridgehead atoms. The second-order valence-electron chi connectivity index (χ2n) is 6.93. The molecule has 0 spiro atoms. The number of nitrogens with one attached hydrogen (secondary N) is 1. The van der Waals surface area contributed by atoms with E-state index in [1.54, 1.807) is 36.0 Å². The quantitative estimate of drug-likeness (QED) is 0.461. The van der Waals surface area contributed by atoms with Gasteiger partial charge in [0.1, 0.15) is 11.5 Å². The standard InChI is InChI=1S/C22H19ClN4O4/c1-13-18-9-15(10-25-21(18)27(2)26-13)22(29)30-12-20(28)24-11-17-7-8-19(31-17)14-3-5-16(23)6-4-14/h3-10H,11-12H2,1-2H3,(H,24,28). The van der Waals surface area contributed by atoms with Crippen molar-refractivity contribution < 1.29 is 18.7 Å². The first-order valence-corrected chi connectivity index (χ1v) is 9.86. The highest BCUT2D eigenvalue weighted by Gasteiger charge is 2.14. The number of esters is 1. The van der Waals surface area contributed by atoms with Gasteiger partial charge in [0.15, 0.2) is 12.3 Å². The van der Waals surface area contributed by atoms with Crippen molar-refractivity contribution in [2.24, 2.45) is 7.05 Å². The van der Waals surface area contributed by atoms with E-state index in [-0.39, 0.29) is 12.1 Å². The van der Waals surface area contributed by atoms with Crippen molar-refractivity contribution in [3.8, 4) is 11.3 Å². The molecule has 1 N–H and O–H groups in total. The molecule has 0 atom stereocenters. The first kappa shape index (κ1) is 20.6. The van der Waals surface area contributed by atoms with E-state index in [0.29, 0.717) is 22.2 Å². The van der Waals surface area contributed by atoms with Gasteiger partial charge in [-0.1, -0.05) is 11.6 Å². The Morgan fingerprint density at radius 2 is 1.97 bits per heavy atom. The Labute approximate surface area is 182 Å². The van der Waals surface area contributed by atoms with Crippen molar-refractivity contribution in [1.29, 1.82) is 0 Å². The molecular formula is C22H19ClN4O4. The number of fused-ring (bicyclic) bond motifs is 1. The number of aromatic nitrogens is 3. The summed E-state index contributed by atoms with van der Waals surface area (Å²) in [5.74, 6) is 0.174. The number of furan rings is 1. The lowest BCUT2D eigenvalue weighted by molar-refractivity contribution is -0.124. The van der Waals surface area contributed by atoms with Crippen LogP contribution in [-0.4, -0.2) is 33.2 Å². The zero-order chi connectivity index (χ0) is 22.0. The number of nitrogens with zero attached hydrogens (tertiary/aromatic N) is 3. The highest BCUT2D eigenvalue weighted by atomic mass is 35.5. The van der Waals surface area contributed by atoms with E-state index in [4.69, 9.17) is 20.8 Å². The van der Waals surface area contributed by atoms with Crippen molar-refractivity contribution in [1.82, 2.24) is 20.1 Å². The van der Waals surface area contributed by atoms with E-state index in [1.165, 1.54) is 6.20 Å². The van der Waals surface area contributed by atoms with Gasteiger partial charge in [0.2, 0.25) is 0 Å². The summed E-state index contributed by atoms with van der Waals surface area (Å²) in [4.78, 5) is 28.6. The highest BCUT2D eigenvalue weighted by molar-refractivity contribution is 6.30. The molecule has 158 valence electrons. The monoisotopic (exact) mass is 438 g/mol. The van der Waals surface area contributed by atoms with E-state index in [1.807, 2.05) is 25.1 Å². The number of rotatable bonds is 6. The van der Waals surface area contributed by atoms with Crippen LogP contribution in [0.2, 0.25) is 5.02 Å². The average Bonchev–Trinajstić information content (AvgIpc) is 3.35. The molecule has 1 aromatic carbocycles. The molecule has 8 nitrogen and oxygen atoms in total. The van der Waals surface area contributed by atoms with Crippen LogP contribution in [0.5, 0.6) is 0 Å². The minimum Gasteiger partial charge on any atom is -0.459 e. The fourth-order valence-corrected chi connectivity index (χ4v) is 3.24. The summed E-state index contributed by atoms with van der Waals surface area (Å²) < 4.78 is 12.5. The summed E-state index contributed by atoms with van der Waals surface area (Å²) in [6.07, 6.45) is 1.41. The third-order valence-electron chi connectivity index (χ3n) is 4.68. The van der Waals surface area contributed by atoms with E-state index < -0.39 is 18.5 Å². The number of ether oxygens (including phenoxy) is 1. The van der Waals surface area contributed by atoms with Crippen molar-refractivity contribution in [2.45, 2.75) is 13.5 Å². The molecule has 0 radical (unpaired) electrons. The highest BCUT2D eigenvalue weighted by Crippen LogP contribution is 2.23. The van der Waals surface area contributed by atoms with Crippen molar-refractivity contribution in [2.75, 3.05) is 6.61 Å². The van der Waals surface area contributed by atoms with Crippen molar-refractivity contribution in [3.05, 3.63) is 70.7 Å². The van der Waals surface area contributed by atoms with E-state index >= 15 is 0 Å². The van der Waals surface area contributed by atoms with Gasteiger partial charge in [-0.05, 0) is 49.4 Å². The molecule has 0 aliphatic carbocycles. The number of hydrogen-bond donors (Lipinski definition) is 1. The zero-order valence-electron chi connectivity index (χ0n) is 16.9. The van der Waals surface area contributed by atoms with Gasteiger partial charge in [-0.2, -0.15) is 5.10 Å². The Morgan fingerprint density at radius 3 is 2.74 bits per heavy atom. The van der Waals surface area contributed by atoms with Crippen LogP contribution < -0.4 is 5.32 Å². The fourth-order valence-electron chi connectivity index (χ4n) is 3.11. The van der Waals surface area contributed by atoms with Crippen LogP contribution in [0, 0.1) is 6.92 Å². The molecule has 1 amide bonds. The molecule has 9 heteroatoms. The maximum Gasteiger partial charge on any atom is 0.340 e. The largest absolute Gasteiger partial charge is 0.459 e. The van der Waals surface area contributed by atoms with Gasteiger partial charge in [-0.15, -0.1) is 0 Å². The minimum atomic E-state index is -0.629. The van der Waals surface area contributed by atoms with Crippen molar-refractivity contribution in [3.63, 3.8) is 0 Å². The third kappa shape index (κ3) is 4.59. The molecule has 4 rings (SSSR count). The first-order valence-electron chi connectivity index (χ1n) is 9.48. The van der Waals surface area contributed by atoms with Crippen LogP contribution >= 0.6 is 11.6 Å². The molecule has 31 heavy (non-hydrogen) atoms. The van der Waals surface area contributed by atoms with E-state index in [0.717, 1.165) is 16.6 Å². The van der Waals surface area contributed by atoms with Gasteiger partial charge in [-0.3, -0.25) is 9.48 Å². The number of aryl methyl sites for hydroxylation is 2. The molecule has 0 saturated heterocycles. The number of benzene rings is 1. The Bertz CT molecular complexity index is 1260. The lowest BCUT2D eigenvalue weighted by atomic mass is 10.2. The first-order chi connectivity index (χ1) is 14.9. The van der Waals surface area contributed by atoms with Crippen LogP contribution in [0.15, 0.2) is 53.1 Å². The third-order valence-corrected chi connectivity index (χ3v) is 4.94. The van der Waals surface area contributed by atoms with Gasteiger partial charge >= 0.3 is 5.97 Å². The molecule has 3 aromatic heterocycles.